The molecule has 25 nitrogen and oxygen atoms in total. The molecule has 5 aliphatic rings. The molecule has 5 atom stereocenters. The van der Waals surface area contributed by atoms with Gasteiger partial charge in [0, 0.05) is 92.7 Å². The number of aliphatic hydroxyl groups excluding tert-OH is 1. The zero-order valence-corrected chi connectivity index (χ0v) is 50.8. The molecule has 3 aromatic carbocycles. The Morgan fingerprint density at radius 2 is 1.60 bits per heavy atom. The number of carbonyl (C=O) groups is 2. The van der Waals surface area contributed by atoms with Crippen LogP contribution in [0.5, 0.6) is 11.5 Å². The number of phosphoric acid groups is 1. The summed E-state index contributed by atoms with van der Waals surface area (Å²) >= 11 is 0. The van der Waals surface area contributed by atoms with E-state index in [1.165, 1.54) is 10.9 Å². The molecule has 2 aromatic heterocycles. The molecule has 5 aliphatic heterocycles. The van der Waals surface area contributed by atoms with E-state index in [9.17, 15) is 50.1 Å². The normalized spacial score (nSPS) is 22.1. The maximum Gasteiger partial charge on any atom is 0.472 e. The molecule has 0 aliphatic carbocycles. The van der Waals surface area contributed by atoms with Crippen molar-refractivity contribution in [1.29, 1.82) is 0 Å². The van der Waals surface area contributed by atoms with Crippen LogP contribution in [0.25, 0.3) is 27.9 Å². The molecule has 1 unspecified atom stereocenters. The topological polar surface area (TPSA) is 340 Å². The van der Waals surface area contributed by atoms with E-state index in [0.29, 0.717) is 118 Å². The number of likely N-dealkylation sites (N-methyl/N-ethyl adjacent to an activating group) is 2. The van der Waals surface area contributed by atoms with Crippen molar-refractivity contribution < 1.29 is 68.6 Å². The molecule has 7 heterocycles. The van der Waals surface area contributed by atoms with E-state index in [1.54, 1.807) is 30.1 Å². The summed E-state index contributed by atoms with van der Waals surface area (Å²) in [6, 6.07) is 14.4. The van der Waals surface area contributed by atoms with Gasteiger partial charge in [-0.1, -0.05) is 37.1 Å². The summed E-state index contributed by atoms with van der Waals surface area (Å²) < 4.78 is 110. The van der Waals surface area contributed by atoms with Crippen LogP contribution in [0.3, 0.4) is 0 Å². The number of nitrogen functional groups attached to an aromatic ring is 1. The second kappa shape index (κ2) is 23.6. The second-order valence-electron chi connectivity index (χ2n) is 23.0. The van der Waals surface area contributed by atoms with Crippen molar-refractivity contribution >= 4 is 85.2 Å². The predicted octanol–water partition coefficient (Wildman–Crippen LogP) is 4.64. The van der Waals surface area contributed by atoms with Crippen molar-refractivity contribution in [3.8, 4) is 11.5 Å². The molecule has 0 radical (unpaired) electrons. The van der Waals surface area contributed by atoms with Crippen molar-refractivity contribution in [3.63, 3.8) is 0 Å². The Labute approximate surface area is 492 Å². The number of ether oxygens (including phenoxy) is 2. The quantitative estimate of drug-likeness (QED) is 0.0223. The van der Waals surface area contributed by atoms with Crippen LogP contribution < -0.4 is 41.2 Å². The molecular formula is C57H72N10O15PS2+. The average molecular weight is 1230 g/mol. The van der Waals surface area contributed by atoms with E-state index in [0.717, 1.165) is 12.8 Å². The fraction of sp³-hybridized carbons (Fsp3) is 0.474. The van der Waals surface area contributed by atoms with Gasteiger partial charge < -0.3 is 45.6 Å². The highest BCUT2D eigenvalue weighted by Crippen LogP contribution is 2.53. The van der Waals surface area contributed by atoms with E-state index in [-0.39, 0.29) is 54.3 Å². The van der Waals surface area contributed by atoms with E-state index in [4.69, 9.17) is 24.3 Å². The third-order valence-electron chi connectivity index (χ3n) is 16.1. The van der Waals surface area contributed by atoms with Crippen LogP contribution in [0.2, 0.25) is 0 Å². The van der Waals surface area contributed by atoms with Crippen LogP contribution >= 0.6 is 7.82 Å². The Morgan fingerprint density at radius 1 is 0.894 bits per heavy atom. The number of aliphatic hydroxyl groups is 1. The van der Waals surface area contributed by atoms with Crippen LogP contribution in [-0.4, -0.2) is 159 Å². The Bertz CT molecular complexity index is 4000. The van der Waals surface area contributed by atoms with Crippen LogP contribution in [-0.2, 0) is 43.4 Å². The first-order valence-corrected chi connectivity index (χ1v) is 32.9. The maximum absolute atomic E-state index is 14.8. The number of rotatable bonds is 21. The van der Waals surface area contributed by atoms with Gasteiger partial charge in [0.2, 0.25) is 17.2 Å². The van der Waals surface area contributed by atoms with E-state index < -0.39 is 75.2 Å². The molecule has 0 spiro atoms. The summed E-state index contributed by atoms with van der Waals surface area (Å²) in [6.45, 7) is 13.7. The number of hydrogen-bond donors (Lipinski definition) is 7. The molecule has 2 amide bonds. The summed E-state index contributed by atoms with van der Waals surface area (Å²) in [5.74, 6) is -0.603. The number of unbranched alkanes of at least 4 members (excludes halogenated alkanes) is 3. The zero-order valence-electron chi connectivity index (χ0n) is 48.3. The van der Waals surface area contributed by atoms with Gasteiger partial charge in [-0.25, -0.2) is 24.1 Å². The highest BCUT2D eigenvalue weighted by molar-refractivity contribution is 7.86. The minimum atomic E-state index is -4.51. The monoisotopic (exact) mass is 1230 g/mol. The minimum Gasteiger partial charge on any atom is -0.456 e. The second-order valence-corrected chi connectivity index (χ2v) is 27.3. The molecule has 8 N–H and O–H groups in total. The summed E-state index contributed by atoms with van der Waals surface area (Å²) in [4.78, 5) is 54.4. The van der Waals surface area contributed by atoms with Gasteiger partial charge in [-0.05, 0) is 87.9 Å². The summed E-state index contributed by atoms with van der Waals surface area (Å²) in [5.41, 5.74) is 9.67. The SMILES string of the molecule is CCN1c2cc3c(cc2C(CS(=O)(=O)O)=CC1(C)C)C(c1ccccc1C(=O)N(C)CCCC(=O)NCCCCCCNc1nc2c(N)ncnc2n1[C@@H]1O[C@@H]2COP(=O)(O)O[C@H]2[C@H]1O)=c1cc2c(cc1O3)=[N+](CC)C(C)(C)C=C2CS(=O)(=O)O. The lowest BCUT2D eigenvalue weighted by atomic mass is 9.83. The fourth-order valence-electron chi connectivity index (χ4n) is 12.4. The number of nitrogens with two attached hydrogens (primary N) is 1. The molecule has 10 rings (SSSR count). The smallest absolute Gasteiger partial charge is 0.456 e. The largest absolute Gasteiger partial charge is 0.472 e. The van der Waals surface area contributed by atoms with Gasteiger partial charge in [0.05, 0.1) is 23.8 Å². The van der Waals surface area contributed by atoms with Gasteiger partial charge in [-0.3, -0.25) is 32.3 Å². The molecule has 2 fully saturated rings. The number of imidazole rings is 1. The van der Waals surface area contributed by atoms with E-state index in [2.05, 4.69) is 35.1 Å². The number of amides is 2. The van der Waals surface area contributed by atoms with E-state index >= 15 is 0 Å². The third kappa shape index (κ3) is 12.6. The Balaban J connectivity index is 0.830. The van der Waals surface area contributed by atoms with Gasteiger partial charge in [0.15, 0.2) is 28.7 Å². The highest BCUT2D eigenvalue weighted by Gasteiger charge is 2.53. The molecule has 2 saturated heterocycles. The lowest BCUT2D eigenvalue weighted by Gasteiger charge is -2.43. The average Bonchev–Trinajstić information content (AvgIpc) is 2.44. The number of carbonyl (C=O) groups excluding carboxylic acids is 2. The molecule has 0 saturated carbocycles. The van der Waals surface area contributed by atoms with E-state index in [1.807, 2.05) is 84.0 Å². The first-order chi connectivity index (χ1) is 40.1. The van der Waals surface area contributed by atoms with Crippen LogP contribution in [0, 0.1) is 0 Å². The number of nitrogens with one attached hydrogen (secondary N) is 2. The predicted molar refractivity (Wildman–Crippen MR) is 318 cm³/mol. The van der Waals surface area contributed by atoms with Gasteiger partial charge >= 0.3 is 7.82 Å². The minimum absolute atomic E-state index is 0.110. The number of phosphoric ester groups is 1. The fourth-order valence-corrected chi connectivity index (χ4v) is 14.6. The van der Waals surface area contributed by atoms with Crippen LogP contribution in [0.4, 0.5) is 17.5 Å². The molecule has 5 aromatic rings. The van der Waals surface area contributed by atoms with Crippen molar-refractivity contribution in [2.24, 2.45) is 0 Å². The number of benzene rings is 3. The first-order valence-electron chi connectivity index (χ1n) is 28.2. The van der Waals surface area contributed by atoms with Crippen LogP contribution in [0.1, 0.15) is 119 Å². The number of hydrogen-bond acceptors (Lipinski definition) is 18. The maximum atomic E-state index is 14.8. The number of anilines is 3. The Kier molecular flexibility index (Phi) is 17.0. The molecule has 456 valence electrons. The number of aromatic nitrogens is 4. The van der Waals surface area contributed by atoms with Crippen molar-refractivity contribution in [3.05, 3.63) is 105 Å². The molecule has 28 heteroatoms. The Hall–Kier alpha value is -6.65. The molecular weight excluding hydrogens is 1160 g/mol. The number of fused-ring (bicyclic) bond motifs is 6. The van der Waals surface area contributed by atoms with Gasteiger partial charge in [0.25, 0.3) is 26.1 Å². The highest BCUT2D eigenvalue weighted by atomic mass is 32.2. The van der Waals surface area contributed by atoms with Gasteiger partial charge in [-0.2, -0.15) is 16.8 Å². The first kappa shape index (κ1) is 61.4. The van der Waals surface area contributed by atoms with Crippen molar-refractivity contribution in [1.82, 2.24) is 34.3 Å². The summed E-state index contributed by atoms with van der Waals surface area (Å²) in [6.07, 6.45) is 3.98. The van der Waals surface area contributed by atoms with Crippen LogP contribution in [0.15, 0.2) is 67.0 Å². The zero-order chi connectivity index (χ0) is 61.1. The number of nitrogens with zero attached hydrogens (tertiary/aromatic N) is 7. The Morgan fingerprint density at radius 3 is 2.31 bits per heavy atom. The molecule has 85 heavy (non-hydrogen) atoms. The van der Waals surface area contributed by atoms with Crippen molar-refractivity contribution in [2.75, 3.05) is 73.8 Å². The standard InChI is InChI=1S/C57H71N10O15PS2/c1-8-65-41-25-43-39(23-37(41)33(27-56(65,3)4)30-84(73,74)75)47(40-24-38-34(31-85(76,77)78)28-57(5,6)66(9-2)42(38)26-44(40)80-43)35-17-12-13-18-36(35)53(70)64(7)22-16-19-46(68)59-20-14-10-11-15-21-60-55-63-48-51(58)61-32-62-52(48)67(55)54-49(69)50-45(81-54)29-79-83(71,72)82-50/h12-13,17-18,23-28,32,45,49-50,54,58,69H,8-11,14-16,19-22,29-31H2,1-7H3,(H5,59,68,70,71,72,73,74,75,76,77,78)/p+1/t45-,49-,50-,54-/m1/s1. The summed E-state index contributed by atoms with van der Waals surface area (Å²) in [5, 5.41) is 18.6. The third-order valence-corrected chi connectivity index (χ3v) is 18.4. The summed E-state index contributed by atoms with van der Waals surface area (Å²) in [7, 11) is -11.7. The van der Waals surface area contributed by atoms with Gasteiger partial charge in [-0.15, -0.1) is 0 Å². The molecule has 0 bridgehead atoms. The lowest BCUT2D eigenvalue weighted by molar-refractivity contribution is -0.121. The lowest BCUT2D eigenvalue weighted by Crippen LogP contribution is -2.50. The van der Waals surface area contributed by atoms with Crippen molar-refractivity contribution in [2.45, 2.75) is 116 Å². The van der Waals surface area contributed by atoms with Gasteiger partial charge in [0.1, 0.15) is 54.2 Å².